The number of rotatable bonds is 6. The standard InChI is InChI=1S/C17H26N2O2/c1-14(12-19-8-3-2-4-9-19)10-18-11-15-6-5-7-16-17(15)21-13-20-16/h5-7,14,18H,2-4,8-13H2,1H3. The molecule has 4 nitrogen and oxygen atoms in total. The van der Waals surface area contributed by atoms with E-state index in [1.54, 1.807) is 0 Å². The van der Waals surface area contributed by atoms with Gasteiger partial charge in [0.25, 0.3) is 0 Å². The average molecular weight is 290 g/mol. The minimum Gasteiger partial charge on any atom is -0.454 e. The lowest BCUT2D eigenvalue weighted by molar-refractivity contribution is 0.173. The molecule has 0 aliphatic carbocycles. The van der Waals surface area contributed by atoms with E-state index in [1.165, 1.54) is 44.5 Å². The van der Waals surface area contributed by atoms with Crippen molar-refractivity contribution in [2.75, 3.05) is 33.0 Å². The van der Waals surface area contributed by atoms with Crippen molar-refractivity contribution in [3.8, 4) is 11.5 Å². The van der Waals surface area contributed by atoms with E-state index in [-0.39, 0.29) is 0 Å². The van der Waals surface area contributed by atoms with Crippen molar-refractivity contribution in [2.45, 2.75) is 32.7 Å². The van der Waals surface area contributed by atoms with Crippen LogP contribution in [-0.4, -0.2) is 37.9 Å². The molecule has 1 unspecified atom stereocenters. The summed E-state index contributed by atoms with van der Waals surface area (Å²) in [5, 5.41) is 3.56. The zero-order valence-corrected chi connectivity index (χ0v) is 12.9. The SMILES string of the molecule is CC(CNCc1cccc2c1OCO2)CN1CCCCC1. The van der Waals surface area contributed by atoms with Gasteiger partial charge in [0.1, 0.15) is 0 Å². The van der Waals surface area contributed by atoms with Crippen LogP contribution in [-0.2, 0) is 6.54 Å². The van der Waals surface area contributed by atoms with Crippen molar-refractivity contribution in [1.29, 1.82) is 0 Å². The minimum absolute atomic E-state index is 0.345. The molecule has 1 fully saturated rings. The van der Waals surface area contributed by atoms with Gasteiger partial charge in [-0.15, -0.1) is 0 Å². The fourth-order valence-corrected chi connectivity index (χ4v) is 3.23. The van der Waals surface area contributed by atoms with Crippen LogP contribution in [0.4, 0.5) is 0 Å². The van der Waals surface area contributed by atoms with Gasteiger partial charge in [0.15, 0.2) is 11.5 Å². The molecule has 0 bridgehead atoms. The molecule has 116 valence electrons. The molecule has 2 heterocycles. The molecule has 0 amide bonds. The first kappa shape index (κ1) is 14.7. The van der Waals surface area contributed by atoms with Crippen LogP contribution in [0.15, 0.2) is 18.2 Å². The summed E-state index contributed by atoms with van der Waals surface area (Å²) >= 11 is 0. The van der Waals surface area contributed by atoms with Crippen molar-refractivity contribution >= 4 is 0 Å². The van der Waals surface area contributed by atoms with E-state index in [4.69, 9.17) is 9.47 Å². The third-order valence-electron chi connectivity index (χ3n) is 4.30. The average Bonchev–Trinajstić information content (AvgIpc) is 2.97. The first-order chi connectivity index (χ1) is 10.3. The molecule has 1 saturated heterocycles. The predicted molar refractivity (Wildman–Crippen MR) is 83.7 cm³/mol. The monoisotopic (exact) mass is 290 g/mol. The van der Waals surface area contributed by atoms with Crippen molar-refractivity contribution < 1.29 is 9.47 Å². The second-order valence-electron chi connectivity index (χ2n) is 6.25. The number of nitrogens with zero attached hydrogens (tertiary/aromatic N) is 1. The molecule has 0 aromatic heterocycles. The van der Waals surface area contributed by atoms with Crippen LogP contribution in [0, 0.1) is 5.92 Å². The number of nitrogens with one attached hydrogen (secondary N) is 1. The third-order valence-corrected chi connectivity index (χ3v) is 4.30. The Balaban J connectivity index is 1.42. The van der Waals surface area contributed by atoms with Crippen LogP contribution in [0.2, 0.25) is 0 Å². The van der Waals surface area contributed by atoms with Gasteiger partial charge >= 0.3 is 0 Å². The zero-order valence-electron chi connectivity index (χ0n) is 12.9. The summed E-state index contributed by atoms with van der Waals surface area (Å²) in [6.45, 7) is 8.33. The van der Waals surface area contributed by atoms with Crippen molar-refractivity contribution in [3.63, 3.8) is 0 Å². The van der Waals surface area contributed by atoms with Gasteiger partial charge in [0.2, 0.25) is 6.79 Å². The van der Waals surface area contributed by atoms with Crippen LogP contribution >= 0.6 is 0 Å². The Morgan fingerprint density at radius 3 is 2.90 bits per heavy atom. The summed E-state index contributed by atoms with van der Waals surface area (Å²) in [6, 6.07) is 6.10. The summed E-state index contributed by atoms with van der Waals surface area (Å²) in [5.74, 6) is 2.46. The van der Waals surface area contributed by atoms with Gasteiger partial charge in [-0.3, -0.25) is 0 Å². The summed E-state index contributed by atoms with van der Waals surface area (Å²) in [7, 11) is 0. The lowest BCUT2D eigenvalue weighted by Crippen LogP contribution is -2.36. The fraction of sp³-hybridized carbons (Fsp3) is 0.647. The lowest BCUT2D eigenvalue weighted by Gasteiger charge is -2.29. The second-order valence-corrected chi connectivity index (χ2v) is 6.25. The molecule has 21 heavy (non-hydrogen) atoms. The van der Waals surface area contributed by atoms with Crippen LogP contribution in [0.1, 0.15) is 31.7 Å². The van der Waals surface area contributed by atoms with E-state index in [1.807, 2.05) is 12.1 Å². The van der Waals surface area contributed by atoms with E-state index in [0.29, 0.717) is 12.7 Å². The smallest absolute Gasteiger partial charge is 0.231 e. The number of fused-ring (bicyclic) bond motifs is 1. The molecule has 4 heteroatoms. The van der Waals surface area contributed by atoms with Crippen molar-refractivity contribution in [2.24, 2.45) is 5.92 Å². The molecule has 0 radical (unpaired) electrons. The predicted octanol–water partition coefficient (Wildman–Crippen LogP) is 2.63. The minimum atomic E-state index is 0.345. The highest BCUT2D eigenvalue weighted by molar-refractivity contribution is 5.48. The third kappa shape index (κ3) is 3.89. The fourth-order valence-electron chi connectivity index (χ4n) is 3.23. The van der Waals surface area contributed by atoms with Crippen LogP contribution in [0.5, 0.6) is 11.5 Å². The maximum Gasteiger partial charge on any atom is 0.231 e. The maximum atomic E-state index is 5.54. The molecule has 1 aromatic rings. The summed E-state index contributed by atoms with van der Waals surface area (Å²) < 4.78 is 10.9. The van der Waals surface area contributed by atoms with Crippen molar-refractivity contribution in [1.82, 2.24) is 10.2 Å². The number of likely N-dealkylation sites (tertiary alicyclic amines) is 1. The number of para-hydroxylation sites is 1. The van der Waals surface area contributed by atoms with Gasteiger partial charge in [0.05, 0.1) is 0 Å². The molecule has 0 spiro atoms. The number of hydrogen-bond donors (Lipinski definition) is 1. The summed E-state index contributed by atoms with van der Waals surface area (Å²) in [5.41, 5.74) is 1.19. The van der Waals surface area contributed by atoms with Crippen LogP contribution in [0.3, 0.4) is 0 Å². The zero-order chi connectivity index (χ0) is 14.5. The Kier molecular flexibility index (Phi) is 4.99. The lowest BCUT2D eigenvalue weighted by atomic mass is 10.1. The normalized spacial score (nSPS) is 19.7. The highest BCUT2D eigenvalue weighted by Crippen LogP contribution is 2.35. The quantitative estimate of drug-likeness (QED) is 0.873. The van der Waals surface area contributed by atoms with Gasteiger partial charge in [0, 0.05) is 18.7 Å². The van der Waals surface area contributed by atoms with Crippen LogP contribution in [0.25, 0.3) is 0 Å². The topological polar surface area (TPSA) is 33.7 Å². The van der Waals surface area contributed by atoms with E-state index in [2.05, 4.69) is 23.2 Å². The molecule has 1 aromatic carbocycles. The Morgan fingerprint density at radius 1 is 1.19 bits per heavy atom. The molecular formula is C17H26N2O2. The second kappa shape index (κ2) is 7.14. The molecule has 1 N–H and O–H groups in total. The van der Waals surface area contributed by atoms with Gasteiger partial charge in [-0.1, -0.05) is 25.5 Å². The molecular weight excluding hydrogens is 264 g/mol. The number of piperidine rings is 1. The Morgan fingerprint density at radius 2 is 2.05 bits per heavy atom. The largest absolute Gasteiger partial charge is 0.454 e. The van der Waals surface area contributed by atoms with E-state index < -0.39 is 0 Å². The molecule has 1 atom stereocenters. The number of hydrogen-bond acceptors (Lipinski definition) is 4. The Bertz CT molecular complexity index is 458. The summed E-state index contributed by atoms with van der Waals surface area (Å²) in [6.07, 6.45) is 4.14. The van der Waals surface area contributed by atoms with Crippen LogP contribution < -0.4 is 14.8 Å². The van der Waals surface area contributed by atoms with Gasteiger partial charge in [-0.2, -0.15) is 0 Å². The molecule has 2 aliphatic rings. The molecule has 0 saturated carbocycles. The Hall–Kier alpha value is -1.26. The molecule has 3 rings (SSSR count). The maximum absolute atomic E-state index is 5.54. The highest BCUT2D eigenvalue weighted by atomic mass is 16.7. The van der Waals surface area contributed by atoms with E-state index in [0.717, 1.165) is 24.6 Å². The van der Waals surface area contributed by atoms with E-state index in [9.17, 15) is 0 Å². The number of ether oxygens (including phenoxy) is 2. The van der Waals surface area contributed by atoms with E-state index >= 15 is 0 Å². The Labute approximate surface area is 127 Å². The van der Waals surface area contributed by atoms with Gasteiger partial charge < -0.3 is 19.7 Å². The van der Waals surface area contributed by atoms with Crippen molar-refractivity contribution in [3.05, 3.63) is 23.8 Å². The highest BCUT2D eigenvalue weighted by Gasteiger charge is 2.17. The summed E-state index contributed by atoms with van der Waals surface area (Å²) in [4.78, 5) is 2.60. The van der Waals surface area contributed by atoms with Gasteiger partial charge in [-0.25, -0.2) is 0 Å². The number of benzene rings is 1. The molecule has 2 aliphatic heterocycles. The van der Waals surface area contributed by atoms with Gasteiger partial charge in [-0.05, 0) is 44.5 Å². The first-order valence-corrected chi connectivity index (χ1v) is 8.13. The first-order valence-electron chi connectivity index (χ1n) is 8.13.